The molecule has 0 radical (unpaired) electrons. The van der Waals surface area contributed by atoms with Crippen molar-refractivity contribution < 1.29 is 5.11 Å². The summed E-state index contributed by atoms with van der Waals surface area (Å²) in [6.45, 7) is 5.05. The van der Waals surface area contributed by atoms with Crippen molar-refractivity contribution in [2.45, 2.75) is 32.4 Å². The van der Waals surface area contributed by atoms with Gasteiger partial charge in [0.1, 0.15) is 0 Å². The molecule has 1 atom stereocenters. The Labute approximate surface area is 99.8 Å². The summed E-state index contributed by atoms with van der Waals surface area (Å²) in [4.78, 5) is 0. The highest BCUT2D eigenvalue weighted by Gasteiger charge is 2.06. The largest absolute Gasteiger partial charge is 0.388 e. The van der Waals surface area contributed by atoms with Crippen molar-refractivity contribution >= 4 is 15.9 Å². The Hall–Kier alpha value is -0.380. The van der Waals surface area contributed by atoms with Gasteiger partial charge in [0.15, 0.2) is 0 Å². The van der Waals surface area contributed by atoms with Crippen LogP contribution in [0.5, 0.6) is 0 Å². The molecule has 2 N–H and O–H groups in total. The second-order valence-corrected chi connectivity index (χ2v) is 4.88. The second kappa shape index (κ2) is 6.26. The van der Waals surface area contributed by atoms with Crippen LogP contribution in [0.4, 0.5) is 0 Å². The highest BCUT2D eigenvalue weighted by atomic mass is 79.9. The summed E-state index contributed by atoms with van der Waals surface area (Å²) in [6, 6.07) is 8.28. The summed E-state index contributed by atoms with van der Waals surface area (Å²) in [7, 11) is 0. The quantitative estimate of drug-likeness (QED) is 0.863. The van der Waals surface area contributed by atoms with Gasteiger partial charge in [-0.1, -0.05) is 41.9 Å². The fourth-order valence-electron chi connectivity index (χ4n) is 1.36. The van der Waals surface area contributed by atoms with E-state index >= 15 is 0 Å². The van der Waals surface area contributed by atoms with Crippen LogP contribution < -0.4 is 5.32 Å². The zero-order valence-corrected chi connectivity index (χ0v) is 10.8. The highest BCUT2D eigenvalue weighted by molar-refractivity contribution is 9.10. The molecule has 1 unspecified atom stereocenters. The van der Waals surface area contributed by atoms with Gasteiger partial charge in [-0.3, -0.25) is 0 Å². The zero-order valence-electron chi connectivity index (χ0n) is 9.20. The molecule has 0 bridgehead atoms. The number of hydrogen-bond acceptors (Lipinski definition) is 2. The van der Waals surface area contributed by atoms with Gasteiger partial charge in [0, 0.05) is 10.5 Å². The van der Waals surface area contributed by atoms with Crippen LogP contribution in [0.1, 0.15) is 31.9 Å². The lowest BCUT2D eigenvalue weighted by molar-refractivity contribution is 0.166. The SMILES string of the molecule is CC(C)NCCC(O)c1ccc(Br)cc1. The monoisotopic (exact) mass is 271 g/mol. The number of rotatable bonds is 5. The van der Waals surface area contributed by atoms with Crippen LogP contribution in [0, 0.1) is 0 Å². The Morgan fingerprint density at radius 2 is 1.87 bits per heavy atom. The number of benzene rings is 1. The second-order valence-electron chi connectivity index (χ2n) is 3.96. The van der Waals surface area contributed by atoms with Gasteiger partial charge < -0.3 is 10.4 Å². The van der Waals surface area contributed by atoms with Crippen molar-refractivity contribution in [3.8, 4) is 0 Å². The van der Waals surface area contributed by atoms with E-state index in [9.17, 15) is 5.11 Å². The molecule has 3 heteroatoms. The highest BCUT2D eigenvalue weighted by Crippen LogP contribution is 2.18. The van der Waals surface area contributed by atoms with E-state index in [4.69, 9.17) is 0 Å². The summed E-state index contributed by atoms with van der Waals surface area (Å²) in [5, 5.41) is 13.2. The third-order valence-corrected chi connectivity index (χ3v) is 2.75. The van der Waals surface area contributed by atoms with Gasteiger partial charge in [-0.25, -0.2) is 0 Å². The van der Waals surface area contributed by atoms with Crippen molar-refractivity contribution in [1.82, 2.24) is 5.32 Å². The van der Waals surface area contributed by atoms with Crippen molar-refractivity contribution in [2.75, 3.05) is 6.54 Å². The van der Waals surface area contributed by atoms with E-state index in [-0.39, 0.29) is 6.10 Å². The van der Waals surface area contributed by atoms with Gasteiger partial charge in [0.25, 0.3) is 0 Å². The van der Waals surface area contributed by atoms with E-state index in [2.05, 4.69) is 35.1 Å². The minimum Gasteiger partial charge on any atom is -0.388 e. The van der Waals surface area contributed by atoms with Gasteiger partial charge >= 0.3 is 0 Å². The molecule has 0 aromatic heterocycles. The third-order valence-electron chi connectivity index (χ3n) is 2.23. The van der Waals surface area contributed by atoms with Gasteiger partial charge in [-0.2, -0.15) is 0 Å². The molecule has 0 fully saturated rings. The number of aliphatic hydroxyl groups is 1. The molecular weight excluding hydrogens is 254 g/mol. The lowest BCUT2D eigenvalue weighted by Crippen LogP contribution is -2.24. The molecule has 2 nitrogen and oxygen atoms in total. The minimum atomic E-state index is -0.371. The molecule has 0 aliphatic heterocycles. The van der Waals surface area contributed by atoms with Crippen molar-refractivity contribution in [1.29, 1.82) is 0 Å². The van der Waals surface area contributed by atoms with Crippen LogP contribution in [0.25, 0.3) is 0 Å². The molecule has 0 aliphatic rings. The molecule has 1 aromatic rings. The van der Waals surface area contributed by atoms with Crippen LogP contribution in [-0.4, -0.2) is 17.7 Å². The number of halogens is 1. The smallest absolute Gasteiger partial charge is 0.0802 e. The first-order valence-electron chi connectivity index (χ1n) is 5.26. The normalized spacial score (nSPS) is 13.1. The van der Waals surface area contributed by atoms with Crippen molar-refractivity contribution in [3.63, 3.8) is 0 Å². The predicted molar refractivity (Wildman–Crippen MR) is 66.9 cm³/mol. The summed E-state index contributed by atoms with van der Waals surface area (Å²) in [5.41, 5.74) is 0.976. The number of nitrogens with one attached hydrogen (secondary N) is 1. The van der Waals surface area contributed by atoms with Gasteiger partial charge in [-0.15, -0.1) is 0 Å². The van der Waals surface area contributed by atoms with Gasteiger partial charge in [0.2, 0.25) is 0 Å². The van der Waals surface area contributed by atoms with E-state index in [0.717, 1.165) is 23.0 Å². The molecule has 0 spiro atoms. The molecular formula is C12H18BrNO. The Balaban J connectivity index is 2.40. The maximum atomic E-state index is 9.87. The Morgan fingerprint density at radius 3 is 2.40 bits per heavy atom. The lowest BCUT2D eigenvalue weighted by Gasteiger charge is -2.13. The third kappa shape index (κ3) is 4.78. The fraction of sp³-hybridized carbons (Fsp3) is 0.500. The van der Waals surface area contributed by atoms with E-state index in [0.29, 0.717) is 6.04 Å². The Bertz CT molecular complexity index is 284. The summed E-state index contributed by atoms with van der Waals surface area (Å²) in [5.74, 6) is 0. The molecule has 0 saturated heterocycles. The number of hydrogen-bond donors (Lipinski definition) is 2. The molecule has 15 heavy (non-hydrogen) atoms. The summed E-state index contributed by atoms with van der Waals surface area (Å²) >= 11 is 3.37. The maximum Gasteiger partial charge on any atom is 0.0802 e. The van der Waals surface area contributed by atoms with Crippen LogP contribution in [0.15, 0.2) is 28.7 Å². The minimum absolute atomic E-state index is 0.371. The molecule has 0 aliphatic carbocycles. The molecule has 0 saturated carbocycles. The Morgan fingerprint density at radius 1 is 1.27 bits per heavy atom. The topological polar surface area (TPSA) is 32.3 Å². The van der Waals surface area contributed by atoms with Crippen LogP contribution in [-0.2, 0) is 0 Å². The first-order chi connectivity index (χ1) is 7.09. The lowest BCUT2D eigenvalue weighted by atomic mass is 10.1. The first-order valence-corrected chi connectivity index (χ1v) is 6.06. The number of aliphatic hydroxyl groups excluding tert-OH is 1. The molecule has 0 heterocycles. The van der Waals surface area contributed by atoms with E-state index in [1.54, 1.807) is 0 Å². The molecule has 84 valence electrons. The van der Waals surface area contributed by atoms with Gasteiger partial charge in [-0.05, 0) is 30.7 Å². The van der Waals surface area contributed by atoms with E-state index < -0.39 is 0 Å². The standard InChI is InChI=1S/C12H18BrNO/c1-9(2)14-8-7-12(15)10-3-5-11(13)6-4-10/h3-6,9,12,14-15H,7-8H2,1-2H3. The van der Waals surface area contributed by atoms with Crippen LogP contribution in [0.3, 0.4) is 0 Å². The average Bonchev–Trinajstić information content (AvgIpc) is 2.18. The first kappa shape index (κ1) is 12.7. The molecule has 1 rings (SSSR count). The van der Waals surface area contributed by atoms with Crippen molar-refractivity contribution in [2.24, 2.45) is 0 Å². The average molecular weight is 272 g/mol. The Kier molecular flexibility index (Phi) is 5.29. The van der Waals surface area contributed by atoms with Gasteiger partial charge in [0.05, 0.1) is 6.10 Å². The fourth-order valence-corrected chi connectivity index (χ4v) is 1.62. The van der Waals surface area contributed by atoms with E-state index in [1.165, 1.54) is 0 Å². The summed E-state index contributed by atoms with van der Waals surface area (Å²) in [6.07, 6.45) is 0.379. The zero-order chi connectivity index (χ0) is 11.3. The summed E-state index contributed by atoms with van der Waals surface area (Å²) < 4.78 is 1.04. The predicted octanol–water partition coefficient (Wildman–Crippen LogP) is 2.87. The molecule has 1 aromatic carbocycles. The maximum absolute atomic E-state index is 9.87. The van der Waals surface area contributed by atoms with Crippen molar-refractivity contribution in [3.05, 3.63) is 34.3 Å². The van der Waals surface area contributed by atoms with Crippen LogP contribution >= 0.6 is 15.9 Å². The van der Waals surface area contributed by atoms with E-state index in [1.807, 2.05) is 24.3 Å². The molecule has 0 amide bonds. The van der Waals surface area contributed by atoms with Crippen LogP contribution in [0.2, 0.25) is 0 Å².